The van der Waals surface area contributed by atoms with Crippen molar-refractivity contribution in [1.82, 2.24) is 29.5 Å². The number of rotatable bonds is 7. The Hall–Kier alpha value is -5.00. The highest BCUT2D eigenvalue weighted by Gasteiger charge is 2.20. The molecule has 0 unspecified atom stereocenters. The van der Waals surface area contributed by atoms with Crippen LogP contribution in [0.2, 0.25) is 0 Å². The summed E-state index contributed by atoms with van der Waals surface area (Å²) in [5, 5.41) is 11.9. The number of benzene rings is 2. The molecule has 5 rings (SSSR count). The van der Waals surface area contributed by atoms with Crippen LogP contribution in [0.4, 0.5) is 20.3 Å². The summed E-state index contributed by atoms with van der Waals surface area (Å²) in [6.07, 6.45) is 2.84. The van der Waals surface area contributed by atoms with E-state index in [1.165, 1.54) is 40.0 Å². The largest absolute Gasteiger partial charge is 0.383 e. The fourth-order valence-corrected chi connectivity index (χ4v) is 4.13. The van der Waals surface area contributed by atoms with Gasteiger partial charge in [0, 0.05) is 29.1 Å². The van der Waals surface area contributed by atoms with Crippen LogP contribution in [-0.4, -0.2) is 42.1 Å². The lowest BCUT2D eigenvalue weighted by Crippen LogP contribution is -2.28. The van der Waals surface area contributed by atoms with E-state index >= 15 is 0 Å². The molecule has 3 heterocycles. The predicted molar refractivity (Wildman–Crippen MR) is 143 cm³/mol. The summed E-state index contributed by atoms with van der Waals surface area (Å²) in [5.74, 6) is -0.914. The highest BCUT2D eigenvalue weighted by molar-refractivity contribution is 6.03. The Kier molecular flexibility index (Phi) is 6.84. The Morgan fingerprint density at radius 3 is 2.38 bits per heavy atom. The first kappa shape index (κ1) is 25.6. The summed E-state index contributed by atoms with van der Waals surface area (Å²) in [4.78, 5) is 34.6. The second-order valence-electron chi connectivity index (χ2n) is 9.05. The summed E-state index contributed by atoms with van der Waals surface area (Å²) in [5.41, 5.74) is 7.84. The summed E-state index contributed by atoms with van der Waals surface area (Å²) >= 11 is 0. The average Bonchev–Trinajstić information content (AvgIpc) is 3.29. The Morgan fingerprint density at radius 2 is 1.72 bits per heavy atom. The van der Waals surface area contributed by atoms with E-state index in [0.717, 1.165) is 0 Å². The van der Waals surface area contributed by atoms with Crippen LogP contribution in [0.3, 0.4) is 0 Å². The number of nitrogens with two attached hydrogens (primary N) is 1. The lowest BCUT2D eigenvalue weighted by Gasteiger charge is -2.14. The van der Waals surface area contributed by atoms with Crippen LogP contribution in [0, 0.1) is 5.82 Å². The topological polar surface area (TPSA) is 134 Å². The van der Waals surface area contributed by atoms with Crippen molar-refractivity contribution in [1.29, 1.82) is 0 Å². The van der Waals surface area contributed by atoms with E-state index in [1.807, 2.05) is 13.8 Å². The van der Waals surface area contributed by atoms with Crippen LogP contribution in [0.15, 0.2) is 65.8 Å². The van der Waals surface area contributed by atoms with E-state index < -0.39 is 23.8 Å². The summed E-state index contributed by atoms with van der Waals surface area (Å²) in [6.45, 7) is 3.12. The average molecular weight is 531 g/mol. The summed E-state index contributed by atoms with van der Waals surface area (Å²) < 4.78 is 29.4. The minimum atomic E-state index is -0.693. The van der Waals surface area contributed by atoms with Crippen LogP contribution in [-0.2, 0) is 6.54 Å². The van der Waals surface area contributed by atoms with Crippen molar-refractivity contribution in [2.24, 2.45) is 0 Å². The maximum atomic E-state index is 13.4. The molecule has 10 nitrogen and oxygen atoms in total. The Labute approximate surface area is 221 Å². The Bertz CT molecular complexity index is 1730. The predicted octanol–water partition coefficient (Wildman–Crippen LogP) is 4.24. The molecule has 0 saturated carbocycles. The number of fused-ring (bicyclic) bond motifs is 1. The molecule has 0 aliphatic carbocycles. The molecular formula is C27H24F2N8O2. The number of alkyl halides is 1. The molecule has 0 aliphatic rings. The molecule has 0 atom stereocenters. The van der Waals surface area contributed by atoms with Gasteiger partial charge in [-0.15, -0.1) is 0 Å². The van der Waals surface area contributed by atoms with E-state index in [-0.39, 0.29) is 29.7 Å². The number of amides is 1. The van der Waals surface area contributed by atoms with Gasteiger partial charge < -0.3 is 11.1 Å². The molecule has 0 aliphatic heterocycles. The molecule has 2 aromatic carbocycles. The Morgan fingerprint density at radius 1 is 1.03 bits per heavy atom. The standard InChI is InChI=1S/C27H24F2N8O2/c1-15(2)37-13-20(16-3-7-18(29)8-4-16)24(38)23(35-37)27(39)33-19-9-5-17(6-10-19)22-21-25(30)31-14-32-26(21)36(34-22)12-11-28/h3-10,13-15H,11-12H2,1-2H3,(H,33,39)(H2,30,31,32). The second kappa shape index (κ2) is 10.4. The van der Waals surface area contributed by atoms with Crippen molar-refractivity contribution in [3.8, 4) is 22.4 Å². The number of nitrogen functional groups attached to an aromatic ring is 1. The number of aryl methyl sites for hydroxylation is 1. The lowest BCUT2D eigenvalue weighted by molar-refractivity contribution is 0.101. The zero-order chi connectivity index (χ0) is 27.7. The SMILES string of the molecule is CC(C)n1cc(-c2ccc(F)cc2)c(=O)c(C(=O)Nc2ccc(-c3nn(CCF)c4ncnc(N)c34)cc2)n1. The molecule has 0 saturated heterocycles. The van der Waals surface area contributed by atoms with Crippen molar-refractivity contribution in [2.45, 2.75) is 26.4 Å². The zero-order valence-electron chi connectivity index (χ0n) is 21.1. The van der Waals surface area contributed by atoms with Crippen molar-refractivity contribution >= 4 is 28.4 Å². The maximum absolute atomic E-state index is 13.4. The molecule has 39 heavy (non-hydrogen) atoms. The first-order chi connectivity index (χ1) is 18.8. The van der Waals surface area contributed by atoms with Gasteiger partial charge in [0.15, 0.2) is 11.3 Å². The van der Waals surface area contributed by atoms with Crippen LogP contribution < -0.4 is 16.5 Å². The molecule has 5 aromatic rings. The lowest BCUT2D eigenvalue weighted by atomic mass is 10.1. The van der Waals surface area contributed by atoms with Crippen LogP contribution in [0.25, 0.3) is 33.4 Å². The normalized spacial score (nSPS) is 11.3. The Balaban J connectivity index is 1.47. The molecule has 198 valence electrons. The van der Waals surface area contributed by atoms with Crippen molar-refractivity contribution in [3.05, 3.63) is 82.8 Å². The summed E-state index contributed by atoms with van der Waals surface area (Å²) in [6, 6.07) is 12.0. The molecule has 3 N–H and O–H groups in total. The van der Waals surface area contributed by atoms with E-state index in [9.17, 15) is 18.4 Å². The van der Waals surface area contributed by atoms with Gasteiger partial charge in [0.25, 0.3) is 5.91 Å². The number of hydrogen-bond donors (Lipinski definition) is 2. The first-order valence-corrected chi connectivity index (χ1v) is 12.1. The molecule has 0 spiro atoms. The number of carbonyl (C=O) groups is 1. The van der Waals surface area contributed by atoms with Crippen LogP contribution in [0.1, 0.15) is 30.4 Å². The fourth-order valence-electron chi connectivity index (χ4n) is 4.13. The molecule has 3 aromatic heterocycles. The van der Waals surface area contributed by atoms with Gasteiger partial charge in [-0.25, -0.2) is 23.4 Å². The van der Waals surface area contributed by atoms with Crippen molar-refractivity contribution in [3.63, 3.8) is 0 Å². The number of aromatic nitrogens is 6. The highest BCUT2D eigenvalue weighted by Crippen LogP contribution is 2.31. The molecule has 0 bridgehead atoms. The number of nitrogens with zero attached hydrogens (tertiary/aromatic N) is 6. The number of hydrogen-bond acceptors (Lipinski definition) is 7. The minimum Gasteiger partial charge on any atom is -0.383 e. The van der Waals surface area contributed by atoms with Crippen molar-refractivity contribution < 1.29 is 13.6 Å². The number of carbonyl (C=O) groups excluding carboxylic acids is 1. The van der Waals surface area contributed by atoms with E-state index in [4.69, 9.17) is 5.73 Å². The molecule has 1 amide bonds. The number of anilines is 2. The quantitative estimate of drug-likeness (QED) is 0.321. The van der Waals surface area contributed by atoms with Gasteiger partial charge in [-0.2, -0.15) is 10.2 Å². The molecule has 0 radical (unpaired) electrons. The molecule has 0 fully saturated rings. The third-order valence-corrected chi connectivity index (χ3v) is 6.11. The van der Waals surface area contributed by atoms with E-state index in [2.05, 4.69) is 25.5 Å². The van der Waals surface area contributed by atoms with E-state index in [1.54, 1.807) is 30.5 Å². The third-order valence-electron chi connectivity index (χ3n) is 6.11. The first-order valence-electron chi connectivity index (χ1n) is 12.1. The highest BCUT2D eigenvalue weighted by atomic mass is 19.1. The molecule has 12 heteroatoms. The molecular weight excluding hydrogens is 506 g/mol. The van der Waals surface area contributed by atoms with Gasteiger partial charge in [-0.05, 0) is 43.7 Å². The summed E-state index contributed by atoms with van der Waals surface area (Å²) in [7, 11) is 0. The fraction of sp³-hybridized carbons (Fsp3) is 0.185. The van der Waals surface area contributed by atoms with Gasteiger partial charge in [0.05, 0.1) is 11.9 Å². The minimum absolute atomic E-state index is 0.0129. The number of halogens is 2. The van der Waals surface area contributed by atoms with Crippen LogP contribution in [0.5, 0.6) is 0 Å². The maximum Gasteiger partial charge on any atom is 0.280 e. The number of nitrogens with one attached hydrogen (secondary N) is 1. The monoisotopic (exact) mass is 530 g/mol. The van der Waals surface area contributed by atoms with Crippen LogP contribution >= 0.6 is 0 Å². The smallest absolute Gasteiger partial charge is 0.280 e. The van der Waals surface area contributed by atoms with Gasteiger partial charge in [-0.1, -0.05) is 24.3 Å². The zero-order valence-corrected chi connectivity index (χ0v) is 21.1. The van der Waals surface area contributed by atoms with Gasteiger partial charge in [0.2, 0.25) is 5.43 Å². The van der Waals surface area contributed by atoms with Crippen molar-refractivity contribution in [2.75, 3.05) is 17.7 Å². The second-order valence-corrected chi connectivity index (χ2v) is 9.05. The van der Waals surface area contributed by atoms with Gasteiger partial charge in [-0.3, -0.25) is 14.3 Å². The van der Waals surface area contributed by atoms with E-state index in [0.29, 0.717) is 33.5 Å². The van der Waals surface area contributed by atoms with Gasteiger partial charge in [0.1, 0.15) is 30.3 Å². The van der Waals surface area contributed by atoms with Gasteiger partial charge >= 0.3 is 0 Å². The third kappa shape index (κ3) is 4.96.